The Hall–Kier alpha value is -3.65. The van der Waals surface area contributed by atoms with Crippen molar-refractivity contribution in [3.05, 3.63) is 59.7 Å². The molecule has 2 bridgehead atoms. The van der Waals surface area contributed by atoms with Crippen molar-refractivity contribution in [2.24, 2.45) is 0 Å². The van der Waals surface area contributed by atoms with E-state index >= 15 is 0 Å². The fraction of sp³-hybridized carbons (Fsp3) is 0.308. The van der Waals surface area contributed by atoms with E-state index in [-0.39, 0.29) is 35.7 Å². The molecule has 0 spiro atoms. The Morgan fingerprint density at radius 3 is 2.61 bits per heavy atom. The summed E-state index contributed by atoms with van der Waals surface area (Å²) in [5.41, 5.74) is -0.598. The number of anilines is 1. The molecular formula is C26H27N3O6S. The molecule has 2 heterocycles. The monoisotopic (exact) mass is 509 g/mol. The number of benzene rings is 2. The van der Waals surface area contributed by atoms with Crippen LogP contribution < -0.4 is 14.9 Å². The van der Waals surface area contributed by atoms with Gasteiger partial charge >= 0.3 is 5.97 Å². The molecule has 36 heavy (non-hydrogen) atoms. The summed E-state index contributed by atoms with van der Waals surface area (Å²) < 4.78 is 40.7. The molecule has 1 amide bonds. The molecule has 2 aromatic carbocycles. The lowest BCUT2D eigenvalue weighted by Gasteiger charge is -2.26. The van der Waals surface area contributed by atoms with Crippen molar-refractivity contribution >= 4 is 38.4 Å². The van der Waals surface area contributed by atoms with Crippen LogP contribution in [-0.2, 0) is 29.1 Å². The normalized spacial score (nSPS) is 20.4. The Kier molecular flexibility index (Phi) is 6.91. The molecule has 0 saturated carbocycles. The molecule has 2 aliphatic rings. The minimum absolute atomic E-state index is 0.0372. The second-order valence-electron chi connectivity index (χ2n) is 8.53. The van der Waals surface area contributed by atoms with Gasteiger partial charge in [-0.25, -0.2) is 17.9 Å². The number of esters is 1. The average molecular weight is 510 g/mol. The number of rotatable bonds is 9. The number of ether oxygens (including phenoxy) is 2. The molecule has 2 unspecified atom stereocenters. The first kappa shape index (κ1) is 25.4. The van der Waals surface area contributed by atoms with E-state index in [1.54, 1.807) is 37.3 Å². The molecule has 4 rings (SSSR count). The topological polar surface area (TPSA) is 114 Å². The van der Waals surface area contributed by atoms with Crippen LogP contribution in [0.1, 0.15) is 6.92 Å². The number of amides is 1. The lowest BCUT2D eigenvalue weighted by molar-refractivity contribution is -0.140. The van der Waals surface area contributed by atoms with Gasteiger partial charge in [0.2, 0.25) is 10.0 Å². The molecule has 2 aromatic rings. The van der Waals surface area contributed by atoms with Gasteiger partial charge in [-0.05, 0) is 25.1 Å². The number of terminal acetylenes is 1. The molecule has 188 valence electrons. The minimum atomic E-state index is -4.04. The standard InChI is InChI=1S/C26H27N3O6S/c1-5-15-27-24(30)22-20-13-14-26(35-20,23(22)25(31)34-6-2)16-28-36(32,33)21-12-8-9-17-18(21)10-7-11-19(17)29(3)4/h1,7-14,20,28H,6,15-16H2,2-4H3,(H,27,30). The minimum Gasteiger partial charge on any atom is -0.463 e. The summed E-state index contributed by atoms with van der Waals surface area (Å²) in [4.78, 5) is 27.7. The van der Waals surface area contributed by atoms with Gasteiger partial charge in [-0.15, -0.1) is 6.42 Å². The molecular weight excluding hydrogens is 482 g/mol. The molecule has 0 fully saturated rings. The fourth-order valence-corrected chi connectivity index (χ4v) is 5.81. The Balaban J connectivity index is 1.70. The second-order valence-corrected chi connectivity index (χ2v) is 10.3. The van der Waals surface area contributed by atoms with Crippen LogP contribution in [0.3, 0.4) is 0 Å². The summed E-state index contributed by atoms with van der Waals surface area (Å²) in [5.74, 6) is 0.986. The highest BCUT2D eigenvalue weighted by Gasteiger charge is 2.54. The summed E-state index contributed by atoms with van der Waals surface area (Å²) in [6.07, 6.45) is 7.61. The van der Waals surface area contributed by atoms with E-state index < -0.39 is 33.6 Å². The SMILES string of the molecule is C#CCNC(=O)C1=C(C(=O)OCC)C2(CNS(=O)(=O)c3cccc4c(N(C)C)cccc34)C=CC1O2. The molecule has 2 atom stereocenters. The fourth-order valence-electron chi connectivity index (χ4n) is 4.53. The highest BCUT2D eigenvalue weighted by molar-refractivity contribution is 7.89. The van der Waals surface area contributed by atoms with Gasteiger partial charge in [0, 0.05) is 37.1 Å². The first-order valence-corrected chi connectivity index (χ1v) is 12.8. The van der Waals surface area contributed by atoms with Crippen LogP contribution in [0, 0.1) is 12.3 Å². The first-order chi connectivity index (χ1) is 17.1. The Labute approximate surface area is 210 Å². The molecule has 2 N–H and O–H groups in total. The Morgan fingerprint density at radius 2 is 1.92 bits per heavy atom. The van der Waals surface area contributed by atoms with Crippen molar-refractivity contribution in [3.8, 4) is 12.3 Å². The molecule has 0 aliphatic carbocycles. The quantitative estimate of drug-likeness (QED) is 0.299. The van der Waals surface area contributed by atoms with Gasteiger partial charge in [-0.3, -0.25) is 4.79 Å². The lowest BCUT2D eigenvalue weighted by Crippen LogP contribution is -2.44. The molecule has 10 heteroatoms. The van der Waals surface area contributed by atoms with Crippen molar-refractivity contribution in [2.75, 3.05) is 38.7 Å². The summed E-state index contributed by atoms with van der Waals surface area (Å²) in [5, 5.41) is 3.87. The Morgan fingerprint density at radius 1 is 1.19 bits per heavy atom. The summed E-state index contributed by atoms with van der Waals surface area (Å²) in [6, 6.07) is 10.5. The number of sulfonamides is 1. The molecule has 0 aromatic heterocycles. The van der Waals surface area contributed by atoms with E-state index in [2.05, 4.69) is 16.0 Å². The number of hydrogen-bond acceptors (Lipinski definition) is 7. The van der Waals surface area contributed by atoms with Gasteiger partial charge in [0.25, 0.3) is 5.91 Å². The summed E-state index contributed by atoms with van der Waals surface area (Å²) in [7, 11) is -0.278. The summed E-state index contributed by atoms with van der Waals surface area (Å²) >= 11 is 0. The number of fused-ring (bicyclic) bond motifs is 3. The van der Waals surface area contributed by atoms with E-state index in [1.165, 1.54) is 6.07 Å². The number of carbonyl (C=O) groups excluding carboxylic acids is 2. The van der Waals surface area contributed by atoms with Gasteiger partial charge in [0.05, 0.1) is 29.2 Å². The van der Waals surface area contributed by atoms with Gasteiger partial charge in [-0.1, -0.05) is 36.3 Å². The van der Waals surface area contributed by atoms with E-state index in [0.29, 0.717) is 5.39 Å². The van der Waals surface area contributed by atoms with E-state index in [9.17, 15) is 18.0 Å². The maximum atomic E-state index is 13.5. The highest BCUT2D eigenvalue weighted by Crippen LogP contribution is 2.44. The van der Waals surface area contributed by atoms with Crippen LogP contribution >= 0.6 is 0 Å². The van der Waals surface area contributed by atoms with E-state index in [4.69, 9.17) is 15.9 Å². The largest absolute Gasteiger partial charge is 0.463 e. The molecule has 9 nitrogen and oxygen atoms in total. The lowest BCUT2D eigenvalue weighted by atomic mass is 9.86. The molecule has 0 radical (unpaired) electrons. The van der Waals surface area contributed by atoms with Crippen LogP contribution in [0.2, 0.25) is 0 Å². The summed E-state index contributed by atoms with van der Waals surface area (Å²) in [6.45, 7) is 1.36. The number of nitrogens with zero attached hydrogens (tertiary/aromatic N) is 1. The van der Waals surface area contributed by atoms with Crippen LogP contribution in [0.15, 0.2) is 64.6 Å². The maximum absolute atomic E-state index is 13.5. The van der Waals surface area contributed by atoms with Crippen molar-refractivity contribution in [1.82, 2.24) is 10.0 Å². The third-order valence-electron chi connectivity index (χ3n) is 6.08. The van der Waals surface area contributed by atoms with Crippen LogP contribution in [0.25, 0.3) is 10.8 Å². The van der Waals surface area contributed by atoms with Gasteiger partial charge in [-0.2, -0.15) is 0 Å². The van der Waals surface area contributed by atoms with Crippen molar-refractivity contribution in [1.29, 1.82) is 0 Å². The van der Waals surface area contributed by atoms with E-state index in [0.717, 1.165) is 11.1 Å². The zero-order chi connectivity index (χ0) is 26.1. The van der Waals surface area contributed by atoms with E-state index in [1.807, 2.05) is 31.1 Å². The van der Waals surface area contributed by atoms with Gasteiger partial charge in [0.1, 0.15) is 11.7 Å². The third-order valence-corrected chi connectivity index (χ3v) is 7.54. The third kappa shape index (κ3) is 4.37. The van der Waals surface area contributed by atoms with Crippen molar-refractivity contribution in [2.45, 2.75) is 23.5 Å². The predicted octanol–water partition coefficient (Wildman–Crippen LogP) is 1.50. The number of nitrogens with one attached hydrogen (secondary N) is 2. The Bertz CT molecular complexity index is 1440. The van der Waals surface area contributed by atoms with Crippen molar-refractivity contribution < 1.29 is 27.5 Å². The van der Waals surface area contributed by atoms with Crippen LogP contribution in [0.5, 0.6) is 0 Å². The van der Waals surface area contributed by atoms with Gasteiger partial charge in [0.15, 0.2) is 0 Å². The number of hydrogen-bond donors (Lipinski definition) is 2. The number of carbonyl (C=O) groups is 2. The molecule has 0 saturated heterocycles. The van der Waals surface area contributed by atoms with Gasteiger partial charge < -0.3 is 19.7 Å². The average Bonchev–Trinajstić information content (AvgIpc) is 3.42. The molecule has 2 aliphatic heterocycles. The highest BCUT2D eigenvalue weighted by atomic mass is 32.2. The predicted molar refractivity (Wildman–Crippen MR) is 136 cm³/mol. The zero-order valence-electron chi connectivity index (χ0n) is 20.2. The van der Waals surface area contributed by atoms with Crippen LogP contribution in [0.4, 0.5) is 5.69 Å². The smallest absolute Gasteiger partial charge is 0.337 e. The van der Waals surface area contributed by atoms with Crippen LogP contribution in [-0.4, -0.2) is 65.8 Å². The van der Waals surface area contributed by atoms with Crippen molar-refractivity contribution in [3.63, 3.8) is 0 Å². The maximum Gasteiger partial charge on any atom is 0.337 e. The second kappa shape index (κ2) is 9.78. The first-order valence-electron chi connectivity index (χ1n) is 11.3. The zero-order valence-corrected chi connectivity index (χ0v) is 21.0.